The van der Waals surface area contributed by atoms with E-state index < -0.39 is 17.6 Å². The lowest BCUT2D eigenvalue weighted by Crippen LogP contribution is -2.11. The van der Waals surface area contributed by atoms with Crippen molar-refractivity contribution in [3.8, 4) is 11.6 Å². The summed E-state index contributed by atoms with van der Waals surface area (Å²) in [7, 11) is 0. The first-order valence-electron chi connectivity index (χ1n) is 8.94. The van der Waals surface area contributed by atoms with E-state index >= 15 is 0 Å². The number of ether oxygens (including phenoxy) is 1. The van der Waals surface area contributed by atoms with E-state index in [0.717, 1.165) is 17.4 Å². The number of para-hydroxylation sites is 1. The van der Waals surface area contributed by atoms with Gasteiger partial charge in [0.15, 0.2) is 0 Å². The van der Waals surface area contributed by atoms with E-state index in [0.29, 0.717) is 17.4 Å². The van der Waals surface area contributed by atoms with E-state index in [1.165, 1.54) is 18.2 Å². The molecule has 0 N–H and O–H groups in total. The van der Waals surface area contributed by atoms with Crippen LogP contribution in [0.25, 0.3) is 21.9 Å². The third kappa shape index (κ3) is 3.78. The number of aryl methyl sites for hydroxylation is 1. The predicted molar refractivity (Wildman–Crippen MR) is 101 cm³/mol. The topological polar surface area (TPSA) is 65.2 Å². The van der Waals surface area contributed by atoms with Gasteiger partial charge in [0.05, 0.1) is 10.9 Å². The van der Waals surface area contributed by atoms with Crippen molar-refractivity contribution >= 4 is 21.9 Å². The average molecular weight is 400 g/mol. The summed E-state index contributed by atoms with van der Waals surface area (Å²) in [4.78, 5) is 19.0. The summed E-state index contributed by atoms with van der Waals surface area (Å²) >= 11 is 0. The van der Waals surface area contributed by atoms with E-state index in [4.69, 9.17) is 9.15 Å². The van der Waals surface area contributed by atoms with Crippen LogP contribution in [0.2, 0.25) is 0 Å². The fourth-order valence-electron chi connectivity index (χ4n) is 3.11. The van der Waals surface area contributed by atoms with Crippen LogP contribution >= 0.6 is 0 Å². The smallest absolute Gasteiger partial charge is 0.438 e. The molecule has 0 atom stereocenters. The Morgan fingerprint density at radius 1 is 1.03 bits per heavy atom. The van der Waals surface area contributed by atoms with Crippen molar-refractivity contribution < 1.29 is 22.3 Å². The maximum absolute atomic E-state index is 13.2. The van der Waals surface area contributed by atoms with Gasteiger partial charge >= 0.3 is 11.8 Å². The van der Waals surface area contributed by atoms with Gasteiger partial charge in [-0.25, -0.2) is 9.78 Å². The SMILES string of the molecule is CCCc1cc(=O)oc2cc(Oc3nc(C(F)(F)F)nc4ccccc34)ccc12. The third-order valence-corrected chi connectivity index (χ3v) is 4.36. The molecule has 0 saturated heterocycles. The molecule has 4 rings (SSSR count). The Labute approximate surface area is 162 Å². The first-order chi connectivity index (χ1) is 13.8. The van der Waals surface area contributed by atoms with E-state index in [2.05, 4.69) is 9.97 Å². The number of hydrogen-bond acceptors (Lipinski definition) is 5. The molecule has 0 unspecified atom stereocenters. The van der Waals surface area contributed by atoms with Crippen molar-refractivity contribution in [3.63, 3.8) is 0 Å². The Morgan fingerprint density at radius 3 is 2.59 bits per heavy atom. The van der Waals surface area contributed by atoms with Gasteiger partial charge in [-0.15, -0.1) is 0 Å². The number of fused-ring (bicyclic) bond motifs is 2. The maximum atomic E-state index is 13.2. The molecule has 0 bridgehead atoms. The Morgan fingerprint density at radius 2 is 1.83 bits per heavy atom. The summed E-state index contributed by atoms with van der Waals surface area (Å²) in [5.74, 6) is -1.32. The summed E-state index contributed by atoms with van der Waals surface area (Å²) in [6, 6.07) is 12.5. The maximum Gasteiger partial charge on any atom is 0.451 e. The molecule has 0 aliphatic carbocycles. The molecule has 8 heteroatoms. The zero-order chi connectivity index (χ0) is 20.6. The highest BCUT2D eigenvalue weighted by molar-refractivity contribution is 5.84. The van der Waals surface area contributed by atoms with Crippen LogP contribution in [0.1, 0.15) is 24.7 Å². The standard InChI is InChI=1S/C21H15F3N2O3/c1-2-5-12-10-18(27)29-17-11-13(8-9-14(12)17)28-19-15-6-3-4-7-16(15)25-20(26-19)21(22,23)24/h3-4,6-11H,2,5H2,1H3. The second-order valence-corrected chi connectivity index (χ2v) is 6.47. The first-order valence-corrected chi connectivity index (χ1v) is 8.94. The summed E-state index contributed by atoms with van der Waals surface area (Å²) in [5.41, 5.74) is 0.761. The quantitative estimate of drug-likeness (QED) is 0.423. The van der Waals surface area contributed by atoms with Crippen molar-refractivity contribution in [2.24, 2.45) is 0 Å². The predicted octanol–water partition coefficient (Wildman–Crippen LogP) is 5.50. The molecule has 2 aromatic heterocycles. The van der Waals surface area contributed by atoms with Crippen molar-refractivity contribution in [2.45, 2.75) is 25.9 Å². The van der Waals surface area contributed by atoms with Gasteiger partial charge in [-0.2, -0.15) is 18.2 Å². The summed E-state index contributed by atoms with van der Waals surface area (Å²) < 4.78 is 50.4. The molecule has 0 saturated carbocycles. The van der Waals surface area contributed by atoms with Crippen molar-refractivity contribution in [2.75, 3.05) is 0 Å². The Hall–Kier alpha value is -3.42. The van der Waals surface area contributed by atoms with Gasteiger partial charge in [0, 0.05) is 17.5 Å². The number of benzene rings is 2. The van der Waals surface area contributed by atoms with Crippen molar-refractivity contribution in [3.05, 3.63) is 70.3 Å². The summed E-state index contributed by atoms with van der Waals surface area (Å²) in [5, 5.41) is 1.09. The van der Waals surface area contributed by atoms with Crippen LogP contribution in [-0.4, -0.2) is 9.97 Å². The van der Waals surface area contributed by atoms with Crippen LogP contribution in [0, 0.1) is 0 Å². The molecule has 2 aromatic carbocycles. The van der Waals surface area contributed by atoms with Gasteiger partial charge in [-0.1, -0.05) is 25.5 Å². The molecular weight excluding hydrogens is 385 g/mol. The van der Waals surface area contributed by atoms with Crippen molar-refractivity contribution in [1.29, 1.82) is 0 Å². The molecule has 0 radical (unpaired) electrons. The molecule has 0 aliphatic rings. The Bertz CT molecular complexity index is 1270. The normalized spacial score (nSPS) is 11.9. The van der Waals surface area contributed by atoms with Gasteiger partial charge < -0.3 is 9.15 Å². The molecule has 0 amide bonds. The zero-order valence-corrected chi connectivity index (χ0v) is 15.3. The monoisotopic (exact) mass is 400 g/mol. The van der Waals surface area contributed by atoms with Crippen LogP contribution < -0.4 is 10.4 Å². The molecule has 0 spiro atoms. The molecule has 5 nitrogen and oxygen atoms in total. The highest BCUT2D eigenvalue weighted by Gasteiger charge is 2.36. The van der Waals surface area contributed by atoms with E-state index in [-0.39, 0.29) is 17.1 Å². The fraction of sp³-hybridized carbons (Fsp3) is 0.190. The van der Waals surface area contributed by atoms with Gasteiger partial charge in [-0.3, -0.25) is 0 Å². The molecule has 2 heterocycles. The number of nitrogens with zero attached hydrogens (tertiary/aromatic N) is 2. The van der Waals surface area contributed by atoms with Gasteiger partial charge in [0.25, 0.3) is 0 Å². The number of alkyl halides is 3. The molecular formula is C21H15F3N2O3. The van der Waals surface area contributed by atoms with E-state index in [9.17, 15) is 18.0 Å². The van der Waals surface area contributed by atoms with Crippen LogP contribution in [0.4, 0.5) is 13.2 Å². The van der Waals surface area contributed by atoms with Crippen LogP contribution in [0.3, 0.4) is 0 Å². The van der Waals surface area contributed by atoms with Gasteiger partial charge in [0.1, 0.15) is 11.3 Å². The first kappa shape index (κ1) is 18.9. The van der Waals surface area contributed by atoms with Crippen LogP contribution in [-0.2, 0) is 12.6 Å². The molecule has 29 heavy (non-hydrogen) atoms. The minimum atomic E-state index is -4.71. The van der Waals surface area contributed by atoms with E-state index in [1.54, 1.807) is 30.3 Å². The number of halogens is 3. The minimum absolute atomic E-state index is 0.113. The zero-order valence-electron chi connectivity index (χ0n) is 15.3. The van der Waals surface area contributed by atoms with Gasteiger partial charge in [0.2, 0.25) is 11.7 Å². The van der Waals surface area contributed by atoms with Crippen LogP contribution in [0.15, 0.2) is 57.7 Å². The molecule has 0 aliphatic heterocycles. The molecule has 4 aromatic rings. The average Bonchev–Trinajstić information content (AvgIpc) is 2.67. The fourth-order valence-corrected chi connectivity index (χ4v) is 3.11. The lowest BCUT2D eigenvalue weighted by atomic mass is 10.1. The number of rotatable bonds is 4. The number of aromatic nitrogens is 2. The second-order valence-electron chi connectivity index (χ2n) is 6.47. The highest BCUT2D eigenvalue weighted by Crippen LogP contribution is 2.34. The second kappa shape index (κ2) is 7.20. The minimum Gasteiger partial charge on any atom is -0.438 e. The lowest BCUT2D eigenvalue weighted by molar-refractivity contribution is -0.144. The van der Waals surface area contributed by atoms with Gasteiger partial charge in [-0.05, 0) is 36.2 Å². The molecule has 0 fully saturated rings. The number of hydrogen-bond donors (Lipinski definition) is 0. The largest absolute Gasteiger partial charge is 0.451 e. The lowest BCUT2D eigenvalue weighted by Gasteiger charge is -2.12. The Balaban J connectivity index is 1.82. The highest BCUT2D eigenvalue weighted by atomic mass is 19.4. The Kier molecular flexibility index (Phi) is 4.70. The van der Waals surface area contributed by atoms with Crippen molar-refractivity contribution in [1.82, 2.24) is 9.97 Å². The van der Waals surface area contributed by atoms with E-state index in [1.807, 2.05) is 6.92 Å². The van der Waals surface area contributed by atoms with Crippen LogP contribution in [0.5, 0.6) is 11.6 Å². The summed E-state index contributed by atoms with van der Waals surface area (Å²) in [6.45, 7) is 2.00. The molecule has 148 valence electrons. The summed E-state index contributed by atoms with van der Waals surface area (Å²) in [6.07, 6.45) is -3.16. The third-order valence-electron chi connectivity index (χ3n) is 4.36.